The summed E-state index contributed by atoms with van der Waals surface area (Å²) in [6, 6.07) is 13.0. The Labute approximate surface area is 179 Å². The number of carbonyl (C=O) groups excluding carboxylic acids is 2. The Balaban J connectivity index is 1.79. The van der Waals surface area contributed by atoms with Gasteiger partial charge in [0.25, 0.3) is 11.8 Å². The highest BCUT2D eigenvalue weighted by molar-refractivity contribution is 9.10. The molecule has 0 atom stereocenters. The van der Waals surface area contributed by atoms with Crippen LogP contribution in [-0.4, -0.2) is 25.5 Å². The van der Waals surface area contributed by atoms with Crippen molar-refractivity contribution < 1.29 is 19.1 Å². The van der Waals surface area contributed by atoms with Crippen molar-refractivity contribution in [1.29, 1.82) is 0 Å². The first-order valence-electron chi connectivity index (χ1n) is 9.03. The lowest BCUT2D eigenvalue weighted by Crippen LogP contribution is -2.43. The zero-order chi connectivity index (χ0) is 21.4. The lowest BCUT2D eigenvalue weighted by atomic mass is 9.87. The molecule has 154 valence electrons. The second-order valence-corrected chi connectivity index (χ2v) is 8.18. The maximum atomic E-state index is 11.9. The molecular weight excluding hydrogens is 436 g/mol. The van der Waals surface area contributed by atoms with Gasteiger partial charge in [-0.15, -0.1) is 0 Å². The molecule has 0 radical (unpaired) electrons. The fourth-order valence-electron chi connectivity index (χ4n) is 2.32. The van der Waals surface area contributed by atoms with Gasteiger partial charge >= 0.3 is 0 Å². The second-order valence-electron chi connectivity index (χ2n) is 7.33. The average Bonchev–Trinajstić information content (AvgIpc) is 2.69. The highest BCUT2D eigenvalue weighted by Gasteiger charge is 2.15. The van der Waals surface area contributed by atoms with Gasteiger partial charge in [-0.25, -0.2) is 0 Å². The number of hydrogen-bond acceptors (Lipinski definition) is 4. The number of ether oxygens (including phenoxy) is 2. The van der Waals surface area contributed by atoms with E-state index in [9.17, 15) is 9.59 Å². The fourth-order valence-corrected chi connectivity index (χ4v) is 2.82. The number of benzene rings is 2. The minimum absolute atomic E-state index is 0.0159. The van der Waals surface area contributed by atoms with Crippen LogP contribution in [0.25, 0.3) is 6.08 Å². The Kier molecular flexibility index (Phi) is 7.84. The first kappa shape index (κ1) is 22.5. The number of hydrogen-bond donors (Lipinski definition) is 2. The van der Waals surface area contributed by atoms with Crippen LogP contribution in [0.3, 0.4) is 0 Å². The van der Waals surface area contributed by atoms with E-state index < -0.39 is 11.8 Å². The van der Waals surface area contributed by atoms with E-state index >= 15 is 0 Å². The predicted octanol–water partition coefficient (Wildman–Crippen LogP) is 3.99. The number of amides is 2. The summed E-state index contributed by atoms with van der Waals surface area (Å²) >= 11 is 3.46. The smallest absolute Gasteiger partial charge is 0.276 e. The molecule has 0 unspecified atom stereocenters. The summed E-state index contributed by atoms with van der Waals surface area (Å²) < 4.78 is 11.4. The highest BCUT2D eigenvalue weighted by Crippen LogP contribution is 2.31. The van der Waals surface area contributed by atoms with Crippen molar-refractivity contribution in [3.05, 3.63) is 64.1 Å². The minimum atomic E-state index is -0.469. The molecule has 6 nitrogen and oxygen atoms in total. The molecule has 0 aromatic heterocycles. The van der Waals surface area contributed by atoms with Crippen LogP contribution < -0.4 is 20.3 Å². The molecule has 0 saturated heterocycles. The van der Waals surface area contributed by atoms with Crippen molar-refractivity contribution in [2.45, 2.75) is 26.2 Å². The number of rotatable bonds is 6. The molecule has 0 fully saturated rings. The van der Waals surface area contributed by atoms with Crippen molar-refractivity contribution in [1.82, 2.24) is 10.9 Å². The zero-order valence-corrected chi connectivity index (χ0v) is 18.5. The molecule has 2 N–H and O–H groups in total. The SMILES string of the molecule is COc1ccc(C=CC(=O)NNC(=O)COc2ccc(C(C)(C)C)cc2Br)cc1. The minimum Gasteiger partial charge on any atom is -0.497 e. The van der Waals surface area contributed by atoms with Crippen molar-refractivity contribution in [2.24, 2.45) is 0 Å². The summed E-state index contributed by atoms with van der Waals surface area (Å²) in [6.07, 6.45) is 2.95. The van der Waals surface area contributed by atoms with Crippen LogP contribution in [0.4, 0.5) is 0 Å². The van der Waals surface area contributed by atoms with Gasteiger partial charge in [0.15, 0.2) is 6.61 Å². The molecular formula is C22H25BrN2O4. The molecule has 7 heteroatoms. The summed E-state index contributed by atoms with van der Waals surface area (Å²) in [7, 11) is 1.59. The van der Waals surface area contributed by atoms with Gasteiger partial charge in [0, 0.05) is 6.08 Å². The lowest BCUT2D eigenvalue weighted by Gasteiger charge is -2.20. The van der Waals surface area contributed by atoms with Gasteiger partial charge < -0.3 is 9.47 Å². The lowest BCUT2D eigenvalue weighted by molar-refractivity contribution is -0.128. The highest BCUT2D eigenvalue weighted by atomic mass is 79.9. The second kappa shape index (κ2) is 10.1. The Bertz CT molecular complexity index is 887. The molecule has 0 aliphatic heterocycles. The number of carbonyl (C=O) groups is 2. The zero-order valence-electron chi connectivity index (χ0n) is 16.9. The molecule has 0 spiro atoms. The van der Waals surface area contributed by atoms with Crippen molar-refractivity contribution in [2.75, 3.05) is 13.7 Å². The summed E-state index contributed by atoms with van der Waals surface area (Å²) in [5, 5.41) is 0. The number of hydrazine groups is 1. The topological polar surface area (TPSA) is 76.7 Å². The van der Waals surface area contributed by atoms with E-state index in [-0.39, 0.29) is 12.0 Å². The third kappa shape index (κ3) is 7.27. The van der Waals surface area contributed by atoms with Gasteiger partial charge in [0.2, 0.25) is 0 Å². The van der Waals surface area contributed by atoms with Crippen LogP contribution in [0.2, 0.25) is 0 Å². The summed E-state index contributed by atoms with van der Waals surface area (Å²) in [5.74, 6) is 0.366. The third-order valence-corrected chi connectivity index (χ3v) is 4.64. The first-order valence-corrected chi connectivity index (χ1v) is 9.82. The number of halogens is 1. The van der Waals surface area contributed by atoms with E-state index in [0.717, 1.165) is 21.3 Å². The molecule has 2 aromatic carbocycles. The molecule has 2 amide bonds. The molecule has 0 aliphatic rings. The Morgan fingerprint density at radius 3 is 2.34 bits per heavy atom. The molecule has 0 aliphatic carbocycles. The average molecular weight is 461 g/mol. The molecule has 0 saturated carbocycles. The Morgan fingerprint density at radius 1 is 1.07 bits per heavy atom. The van der Waals surface area contributed by atoms with Crippen LogP contribution in [-0.2, 0) is 15.0 Å². The largest absolute Gasteiger partial charge is 0.497 e. The molecule has 29 heavy (non-hydrogen) atoms. The standard InChI is InChI=1S/C22H25BrN2O4/c1-22(2,3)16-8-11-19(18(23)13-16)29-14-21(27)25-24-20(26)12-7-15-5-9-17(28-4)10-6-15/h5-13H,14H2,1-4H3,(H,24,26)(H,25,27). The van der Waals surface area contributed by atoms with Gasteiger partial charge in [0.05, 0.1) is 11.6 Å². The quantitative estimate of drug-likeness (QED) is 0.504. The molecule has 2 rings (SSSR count). The van der Waals surface area contributed by atoms with E-state index in [1.807, 2.05) is 30.3 Å². The molecule has 2 aromatic rings. The van der Waals surface area contributed by atoms with Gasteiger partial charge in [-0.1, -0.05) is 39.0 Å². The van der Waals surface area contributed by atoms with Crippen LogP contribution in [0.1, 0.15) is 31.9 Å². The van der Waals surface area contributed by atoms with Gasteiger partial charge in [-0.05, 0) is 62.8 Å². The summed E-state index contributed by atoms with van der Waals surface area (Å²) in [5.41, 5.74) is 6.62. The normalized spacial score (nSPS) is 11.2. The third-order valence-electron chi connectivity index (χ3n) is 4.02. The maximum absolute atomic E-state index is 11.9. The van der Waals surface area contributed by atoms with Crippen LogP contribution in [0.5, 0.6) is 11.5 Å². The fraction of sp³-hybridized carbons (Fsp3) is 0.273. The van der Waals surface area contributed by atoms with Gasteiger partial charge in [-0.3, -0.25) is 20.4 Å². The monoisotopic (exact) mass is 460 g/mol. The predicted molar refractivity (Wildman–Crippen MR) is 117 cm³/mol. The van der Waals surface area contributed by atoms with E-state index in [4.69, 9.17) is 9.47 Å². The van der Waals surface area contributed by atoms with Crippen LogP contribution in [0.15, 0.2) is 53.0 Å². The van der Waals surface area contributed by atoms with E-state index in [1.54, 1.807) is 25.3 Å². The number of methoxy groups -OCH3 is 1. The van der Waals surface area contributed by atoms with Gasteiger partial charge in [0.1, 0.15) is 11.5 Å². The summed E-state index contributed by atoms with van der Waals surface area (Å²) in [4.78, 5) is 23.7. The van der Waals surface area contributed by atoms with Crippen molar-refractivity contribution in [3.63, 3.8) is 0 Å². The van der Waals surface area contributed by atoms with Crippen LogP contribution in [0, 0.1) is 0 Å². The number of nitrogens with one attached hydrogen (secondary N) is 2. The summed E-state index contributed by atoms with van der Waals surface area (Å²) in [6.45, 7) is 6.13. The Morgan fingerprint density at radius 2 is 1.76 bits per heavy atom. The van der Waals surface area contributed by atoms with E-state index in [2.05, 4.69) is 47.6 Å². The van der Waals surface area contributed by atoms with Gasteiger partial charge in [-0.2, -0.15) is 0 Å². The first-order chi connectivity index (χ1) is 13.7. The van der Waals surface area contributed by atoms with Crippen molar-refractivity contribution >= 4 is 33.8 Å². The van der Waals surface area contributed by atoms with E-state index in [0.29, 0.717) is 5.75 Å². The van der Waals surface area contributed by atoms with Crippen molar-refractivity contribution in [3.8, 4) is 11.5 Å². The van der Waals surface area contributed by atoms with Crippen LogP contribution >= 0.6 is 15.9 Å². The molecule has 0 bridgehead atoms. The molecule has 0 heterocycles. The van der Waals surface area contributed by atoms with E-state index in [1.165, 1.54) is 6.08 Å². The maximum Gasteiger partial charge on any atom is 0.276 e. The Hall–Kier alpha value is -2.80.